The molecule has 1 fully saturated rings. The zero-order valence-electron chi connectivity index (χ0n) is 17.8. The number of fused-ring (bicyclic) bond motifs is 1. The zero-order valence-corrected chi connectivity index (χ0v) is 17.8. The molecule has 0 unspecified atom stereocenters. The molecule has 7 nitrogen and oxygen atoms in total. The molecule has 29 heavy (non-hydrogen) atoms. The molecule has 1 saturated heterocycles. The Kier molecular flexibility index (Phi) is 8.31. The van der Waals surface area contributed by atoms with Crippen LogP contribution in [0.5, 0.6) is 0 Å². The van der Waals surface area contributed by atoms with E-state index >= 15 is 0 Å². The predicted octanol–water partition coefficient (Wildman–Crippen LogP) is 1.63. The van der Waals surface area contributed by atoms with Gasteiger partial charge in [-0.2, -0.15) is 0 Å². The molecule has 0 radical (unpaired) electrons. The molecule has 160 valence electrons. The first kappa shape index (κ1) is 21.6. The Morgan fingerprint density at radius 3 is 2.79 bits per heavy atom. The van der Waals surface area contributed by atoms with Gasteiger partial charge in [0.05, 0.1) is 6.61 Å². The molecule has 2 aliphatic heterocycles. The second-order valence-corrected chi connectivity index (χ2v) is 7.78. The lowest BCUT2D eigenvalue weighted by molar-refractivity contribution is -0.118. The highest BCUT2D eigenvalue weighted by Gasteiger charge is 2.23. The van der Waals surface area contributed by atoms with Gasteiger partial charge in [0.2, 0.25) is 5.91 Å². The molecule has 1 amide bonds. The minimum absolute atomic E-state index is 0.211. The molecule has 1 aromatic carbocycles. The van der Waals surface area contributed by atoms with Crippen molar-refractivity contribution in [1.82, 2.24) is 15.5 Å². The highest BCUT2D eigenvalue weighted by molar-refractivity contribution is 5.95. The summed E-state index contributed by atoms with van der Waals surface area (Å²) in [7, 11) is 3.55. The van der Waals surface area contributed by atoms with Crippen molar-refractivity contribution < 1.29 is 9.53 Å². The Morgan fingerprint density at radius 1 is 1.24 bits per heavy atom. The number of guanidine groups is 1. The molecule has 3 rings (SSSR count). The number of nitrogens with one attached hydrogen (secondary N) is 2. The number of likely N-dealkylation sites (tertiary alicyclic amines) is 1. The molecular weight excluding hydrogens is 366 g/mol. The largest absolute Gasteiger partial charge is 0.383 e. The molecule has 0 aromatic heterocycles. The monoisotopic (exact) mass is 401 g/mol. The Hall–Kier alpha value is -2.12. The van der Waals surface area contributed by atoms with Crippen LogP contribution >= 0.6 is 0 Å². The topological polar surface area (TPSA) is 69.2 Å². The highest BCUT2D eigenvalue weighted by Crippen LogP contribution is 2.27. The van der Waals surface area contributed by atoms with E-state index < -0.39 is 0 Å². The summed E-state index contributed by atoms with van der Waals surface area (Å²) < 4.78 is 5.16. The number of aliphatic imine (C=N–C) groups is 1. The van der Waals surface area contributed by atoms with Crippen LogP contribution in [-0.4, -0.2) is 76.3 Å². The first-order valence-corrected chi connectivity index (χ1v) is 10.8. The third kappa shape index (κ3) is 6.18. The van der Waals surface area contributed by atoms with Crippen molar-refractivity contribution in [3.63, 3.8) is 0 Å². The number of para-hydroxylation sites is 1. The van der Waals surface area contributed by atoms with Gasteiger partial charge in [-0.05, 0) is 37.3 Å². The number of ether oxygens (including phenoxy) is 1. The minimum atomic E-state index is 0.211. The number of hydrogen-bond donors (Lipinski definition) is 2. The average Bonchev–Trinajstić information content (AvgIpc) is 3.19. The lowest BCUT2D eigenvalue weighted by Crippen LogP contribution is -2.49. The van der Waals surface area contributed by atoms with Gasteiger partial charge in [0.1, 0.15) is 0 Å². The second kappa shape index (κ2) is 11.2. The van der Waals surface area contributed by atoms with Crippen LogP contribution in [-0.2, 0) is 16.0 Å². The fourth-order valence-corrected chi connectivity index (χ4v) is 4.09. The van der Waals surface area contributed by atoms with Gasteiger partial charge in [0.15, 0.2) is 5.96 Å². The number of methoxy groups -OCH3 is 1. The SMILES string of the molecule is CN=C(NCCCC(=O)N1CCc2ccccc21)NC1CCN(CCOC)CC1. The Morgan fingerprint density at radius 2 is 2.03 bits per heavy atom. The van der Waals surface area contributed by atoms with Crippen LogP contribution in [0.4, 0.5) is 5.69 Å². The van der Waals surface area contributed by atoms with Crippen molar-refractivity contribution >= 4 is 17.6 Å². The number of benzene rings is 1. The number of amides is 1. The van der Waals surface area contributed by atoms with E-state index in [1.807, 2.05) is 23.1 Å². The summed E-state index contributed by atoms with van der Waals surface area (Å²) in [5, 5.41) is 6.89. The van der Waals surface area contributed by atoms with Crippen molar-refractivity contribution in [3.8, 4) is 0 Å². The molecule has 0 atom stereocenters. The Bertz CT molecular complexity index is 686. The lowest BCUT2D eigenvalue weighted by Gasteiger charge is -2.32. The van der Waals surface area contributed by atoms with E-state index in [1.54, 1.807) is 14.2 Å². The molecule has 0 bridgehead atoms. The Balaban J connectivity index is 1.33. The summed E-state index contributed by atoms with van der Waals surface area (Å²) in [5.74, 6) is 1.04. The van der Waals surface area contributed by atoms with E-state index in [0.29, 0.717) is 12.5 Å². The predicted molar refractivity (Wildman–Crippen MR) is 118 cm³/mol. The standard InChI is InChI=1S/C22H35N5O2/c1-23-22(25-19-10-13-26(14-11-19)16-17-29-2)24-12-5-8-21(28)27-15-9-18-6-3-4-7-20(18)27/h3-4,6-7,19H,5,8-17H2,1-2H3,(H2,23,24,25). The maximum atomic E-state index is 12.6. The number of rotatable bonds is 8. The minimum Gasteiger partial charge on any atom is -0.383 e. The quantitative estimate of drug-likeness (QED) is 0.394. The van der Waals surface area contributed by atoms with Crippen LogP contribution in [0, 0.1) is 0 Å². The molecule has 2 aliphatic rings. The van der Waals surface area contributed by atoms with E-state index in [4.69, 9.17) is 4.74 Å². The fraction of sp³-hybridized carbons (Fsp3) is 0.636. The van der Waals surface area contributed by atoms with E-state index in [0.717, 1.165) is 76.7 Å². The summed E-state index contributed by atoms with van der Waals surface area (Å²) in [6, 6.07) is 8.65. The summed E-state index contributed by atoms with van der Waals surface area (Å²) in [6.07, 6.45) is 4.53. The normalized spacial score (nSPS) is 18.0. The van der Waals surface area contributed by atoms with Gasteiger partial charge in [-0.3, -0.25) is 9.79 Å². The number of anilines is 1. The maximum absolute atomic E-state index is 12.6. The smallest absolute Gasteiger partial charge is 0.227 e. The first-order chi connectivity index (χ1) is 14.2. The van der Waals surface area contributed by atoms with Crippen LogP contribution in [0.15, 0.2) is 29.3 Å². The van der Waals surface area contributed by atoms with Crippen LogP contribution in [0.1, 0.15) is 31.2 Å². The van der Waals surface area contributed by atoms with E-state index in [9.17, 15) is 4.79 Å². The molecule has 0 aliphatic carbocycles. The van der Waals surface area contributed by atoms with Gasteiger partial charge >= 0.3 is 0 Å². The maximum Gasteiger partial charge on any atom is 0.227 e. The van der Waals surface area contributed by atoms with Crippen LogP contribution < -0.4 is 15.5 Å². The van der Waals surface area contributed by atoms with Crippen molar-refractivity contribution in [2.45, 2.75) is 38.1 Å². The number of carbonyl (C=O) groups is 1. The van der Waals surface area contributed by atoms with Gasteiger partial charge in [0, 0.05) is 65.0 Å². The van der Waals surface area contributed by atoms with E-state index in [-0.39, 0.29) is 5.91 Å². The number of piperidine rings is 1. The van der Waals surface area contributed by atoms with Crippen LogP contribution in [0.2, 0.25) is 0 Å². The molecule has 2 heterocycles. The first-order valence-electron chi connectivity index (χ1n) is 10.8. The average molecular weight is 402 g/mol. The third-order valence-corrected chi connectivity index (χ3v) is 5.81. The molecule has 7 heteroatoms. The van der Waals surface area contributed by atoms with E-state index in [1.165, 1.54) is 5.56 Å². The number of nitrogens with zero attached hydrogens (tertiary/aromatic N) is 3. The van der Waals surface area contributed by atoms with Gasteiger partial charge in [0.25, 0.3) is 0 Å². The summed E-state index contributed by atoms with van der Waals surface area (Å²) >= 11 is 0. The van der Waals surface area contributed by atoms with E-state index in [2.05, 4.69) is 26.6 Å². The van der Waals surface area contributed by atoms with Crippen molar-refractivity contribution in [1.29, 1.82) is 0 Å². The van der Waals surface area contributed by atoms with Gasteiger partial charge in [-0.15, -0.1) is 0 Å². The van der Waals surface area contributed by atoms with Gasteiger partial charge < -0.3 is 25.2 Å². The summed E-state index contributed by atoms with van der Waals surface area (Å²) in [5.41, 5.74) is 2.36. The molecule has 1 aromatic rings. The molecule has 2 N–H and O–H groups in total. The van der Waals surface area contributed by atoms with Crippen molar-refractivity contribution in [2.75, 3.05) is 58.4 Å². The highest BCUT2D eigenvalue weighted by atomic mass is 16.5. The van der Waals surface area contributed by atoms with Crippen molar-refractivity contribution in [2.24, 2.45) is 4.99 Å². The summed E-state index contributed by atoms with van der Waals surface area (Å²) in [6.45, 7) is 5.52. The van der Waals surface area contributed by atoms with Crippen molar-refractivity contribution in [3.05, 3.63) is 29.8 Å². The van der Waals surface area contributed by atoms with Crippen LogP contribution in [0.3, 0.4) is 0 Å². The second-order valence-electron chi connectivity index (χ2n) is 7.78. The molecular formula is C22H35N5O2. The third-order valence-electron chi connectivity index (χ3n) is 5.81. The number of carbonyl (C=O) groups excluding carboxylic acids is 1. The fourth-order valence-electron chi connectivity index (χ4n) is 4.09. The molecule has 0 spiro atoms. The zero-order chi connectivity index (χ0) is 20.5. The number of hydrogen-bond acceptors (Lipinski definition) is 4. The molecule has 0 saturated carbocycles. The van der Waals surface area contributed by atoms with Gasteiger partial charge in [-0.1, -0.05) is 18.2 Å². The summed E-state index contributed by atoms with van der Waals surface area (Å²) in [4.78, 5) is 21.3. The lowest BCUT2D eigenvalue weighted by atomic mass is 10.1. The van der Waals surface area contributed by atoms with Gasteiger partial charge in [-0.25, -0.2) is 0 Å². The van der Waals surface area contributed by atoms with Crippen LogP contribution in [0.25, 0.3) is 0 Å². The Labute approximate surface area is 174 Å².